The Morgan fingerprint density at radius 2 is 1.08 bits per heavy atom. The van der Waals surface area contributed by atoms with Gasteiger partial charge in [0.2, 0.25) is 10.3 Å². The number of aryl methyl sites for hydroxylation is 2. The van der Waals surface area contributed by atoms with Crippen molar-refractivity contribution in [1.29, 1.82) is 0 Å². The van der Waals surface area contributed by atoms with Gasteiger partial charge in [-0.15, -0.1) is 20.4 Å². The number of pyridine rings is 4. The highest BCUT2D eigenvalue weighted by Crippen LogP contribution is 2.38. The fourth-order valence-electron chi connectivity index (χ4n) is 7.76. The third kappa shape index (κ3) is 9.48. The van der Waals surface area contributed by atoms with Crippen molar-refractivity contribution in [2.75, 3.05) is 17.2 Å². The molecule has 0 aliphatic heterocycles. The van der Waals surface area contributed by atoms with Gasteiger partial charge in [0.05, 0.1) is 34.5 Å². The SMILES string of the molecule is CCCCn1cc(-c2cnc3ccc(Nc4nnc(C5CCCC5)s4)nc3c2)cn1.OCCCn1cc(-c2cnc3ccc(Nc4nnc(C5CCCC5)s4)nc3c2)cn1. The fourth-order valence-corrected chi connectivity index (χ4v) is 9.59. The topological polar surface area (TPSA) is 183 Å². The summed E-state index contributed by atoms with van der Waals surface area (Å²) in [5.74, 6) is 2.63. The Bertz CT molecular complexity index is 2480. The summed E-state index contributed by atoms with van der Waals surface area (Å²) >= 11 is 3.26. The summed E-state index contributed by atoms with van der Waals surface area (Å²) in [6, 6.07) is 11.9. The van der Waals surface area contributed by atoms with Gasteiger partial charge in [0.25, 0.3) is 0 Å². The molecule has 8 aromatic heterocycles. The minimum absolute atomic E-state index is 0.156. The summed E-state index contributed by atoms with van der Waals surface area (Å²) in [5, 5.41) is 45.6. The summed E-state index contributed by atoms with van der Waals surface area (Å²) in [4.78, 5) is 18.6. The van der Waals surface area contributed by atoms with Crippen LogP contribution >= 0.6 is 22.7 Å². The molecule has 0 saturated heterocycles. The Balaban J connectivity index is 0.000000154. The first-order valence-electron chi connectivity index (χ1n) is 21.0. The van der Waals surface area contributed by atoms with Crippen LogP contribution in [-0.4, -0.2) is 71.6 Å². The van der Waals surface area contributed by atoms with Gasteiger partial charge in [0.1, 0.15) is 21.7 Å². The number of rotatable bonds is 14. The predicted molar refractivity (Wildman–Crippen MR) is 237 cm³/mol. The van der Waals surface area contributed by atoms with Crippen molar-refractivity contribution in [3.63, 3.8) is 0 Å². The highest BCUT2D eigenvalue weighted by Gasteiger charge is 2.22. The molecule has 8 heterocycles. The van der Waals surface area contributed by atoms with Crippen LogP contribution in [0.2, 0.25) is 0 Å². The van der Waals surface area contributed by atoms with Crippen LogP contribution < -0.4 is 10.6 Å². The van der Waals surface area contributed by atoms with Crippen molar-refractivity contribution in [1.82, 2.24) is 59.9 Å². The number of fused-ring (bicyclic) bond motifs is 2. The second-order valence-electron chi connectivity index (χ2n) is 15.4. The maximum atomic E-state index is 8.98. The molecule has 2 fully saturated rings. The molecule has 10 rings (SSSR count). The first-order chi connectivity index (χ1) is 29.6. The highest BCUT2D eigenvalue weighted by atomic mass is 32.1. The lowest BCUT2D eigenvalue weighted by Gasteiger charge is -2.05. The van der Waals surface area contributed by atoms with Crippen LogP contribution in [0.5, 0.6) is 0 Å². The van der Waals surface area contributed by atoms with Crippen LogP contribution in [0.4, 0.5) is 21.9 Å². The van der Waals surface area contributed by atoms with Crippen molar-refractivity contribution in [2.24, 2.45) is 0 Å². The Kier molecular flexibility index (Phi) is 12.3. The Hall–Kier alpha value is -5.78. The van der Waals surface area contributed by atoms with Gasteiger partial charge >= 0.3 is 0 Å². The maximum absolute atomic E-state index is 8.98. The van der Waals surface area contributed by atoms with Gasteiger partial charge in [0.15, 0.2) is 0 Å². The molecular formula is C43H48N14OS2. The molecule has 0 radical (unpaired) electrons. The fraction of sp³-hybridized carbons (Fsp3) is 0.395. The first kappa shape index (κ1) is 39.7. The molecule has 0 unspecified atom stereocenters. The lowest BCUT2D eigenvalue weighted by Crippen LogP contribution is -1.99. The second kappa shape index (κ2) is 18.6. The van der Waals surface area contributed by atoms with Gasteiger partial charge in [-0.3, -0.25) is 19.3 Å². The van der Waals surface area contributed by atoms with Crippen LogP contribution in [0.25, 0.3) is 44.3 Å². The van der Waals surface area contributed by atoms with Crippen molar-refractivity contribution >= 4 is 66.6 Å². The third-order valence-electron chi connectivity index (χ3n) is 11.1. The number of nitrogens with one attached hydrogen (secondary N) is 2. The van der Waals surface area contributed by atoms with Crippen molar-refractivity contribution in [2.45, 2.75) is 102 Å². The van der Waals surface area contributed by atoms with Crippen LogP contribution in [0.15, 0.2) is 73.6 Å². The molecule has 0 spiro atoms. The number of unbranched alkanes of at least 4 members (excludes halogenated alkanes) is 1. The summed E-state index contributed by atoms with van der Waals surface area (Å²) in [7, 11) is 0. The number of aliphatic hydroxyl groups excluding tert-OH is 1. The van der Waals surface area contributed by atoms with E-state index in [-0.39, 0.29) is 6.61 Å². The van der Waals surface area contributed by atoms with Crippen LogP contribution in [0.1, 0.15) is 99.4 Å². The molecule has 2 aliphatic rings. The molecule has 8 aromatic rings. The van der Waals surface area contributed by atoms with Crippen LogP contribution in [0.3, 0.4) is 0 Å². The molecule has 0 aromatic carbocycles. The molecule has 3 N–H and O–H groups in total. The minimum atomic E-state index is 0.156. The normalized spacial score (nSPS) is 14.6. The third-order valence-corrected chi connectivity index (χ3v) is 13.1. The summed E-state index contributed by atoms with van der Waals surface area (Å²) in [5.41, 5.74) is 7.38. The van der Waals surface area contributed by atoms with Gasteiger partial charge in [-0.25, -0.2) is 9.97 Å². The Morgan fingerprint density at radius 1 is 0.600 bits per heavy atom. The molecule has 0 atom stereocenters. The largest absolute Gasteiger partial charge is 0.396 e. The predicted octanol–water partition coefficient (Wildman–Crippen LogP) is 9.67. The average Bonchev–Trinajstić information content (AvgIpc) is 4.13. The lowest BCUT2D eigenvalue weighted by molar-refractivity contribution is 0.277. The van der Waals surface area contributed by atoms with Crippen molar-refractivity contribution < 1.29 is 5.11 Å². The number of aliphatic hydroxyl groups is 1. The van der Waals surface area contributed by atoms with Crippen molar-refractivity contribution in [3.05, 3.63) is 83.6 Å². The van der Waals surface area contributed by atoms with Crippen molar-refractivity contribution in [3.8, 4) is 22.3 Å². The second-order valence-corrected chi connectivity index (χ2v) is 17.5. The Labute approximate surface area is 355 Å². The highest BCUT2D eigenvalue weighted by molar-refractivity contribution is 7.15. The zero-order valence-corrected chi connectivity index (χ0v) is 35.2. The number of hydrogen-bond acceptors (Lipinski definition) is 15. The molecule has 2 saturated carbocycles. The van der Waals surface area contributed by atoms with Crippen LogP contribution in [0, 0.1) is 0 Å². The molecule has 2 aliphatic carbocycles. The van der Waals surface area contributed by atoms with Gasteiger partial charge in [0, 0.05) is 78.6 Å². The van der Waals surface area contributed by atoms with Gasteiger partial charge in [-0.1, -0.05) is 61.7 Å². The minimum Gasteiger partial charge on any atom is -0.396 e. The number of anilines is 4. The van der Waals surface area contributed by atoms with E-state index < -0.39 is 0 Å². The van der Waals surface area contributed by atoms with Gasteiger partial charge < -0.3 is 15.7 Å². The van der Waals surface area contributed by atoms with E-state index in [9.17, 15) is 0 Å². The molecule has 0 bridgehead atoms. The van der Waals surface area contributed by atoms with E-state index in [1.165, 1.54) is 51.4 Å². The zero-order valence-electron chi connectivity index (χ0n) is 33.6. The summed E-state index contributed by atoms with van der Waals surface area (Å²) < 4.78 is 3.82. The first-order valence-corrected chi connectivity index (χ1v) is 22.6. The van der Waals surface area contributed by atoms with E-state index in [1.807, 2.05) is 70.7 Å². The smallest absolute Gasteiger partial charge is 0.211 e. The van der Waals surface area contributed by atoms with Gasteiger partial charge in [-0.2, -0.15) is 10.2 Å². The average molecular weight is 841 g/mol. The quantitative estimate of drug-likeness (QED) is 0.0942. The maximum Gasteiger partial charge on any atom is 0.211 e. The lowest BCUT2D eigenvalue weighted by atomic mass is 10.1. The molecule has 308 valence electrons. The standard InChI is InChI=1S/C22H25N7S.C21H23N7OS/c1-2-3-10-29-14-17(13-24-29)16-11-19-18(23-12-16)8-9-20(25-19)26-22-28-27-21(30-22)15-6-4-5-7-15;29-9-3-8-28-13-16(12-23-28)15-10-18-17(22-11-15)6-7-19(24-18)25-21-27-26-20(30-21)14-4-1-2-5-14/h8-9,11-15H,2-7,10H2,1H3,(H,25,26,28);6-7,10-14,29H,1-5,8-9H2,(H,24,25,27). The van der Waals surface area contributed by atoms with Crippen LogP contribution in [-0.2, 0) is 13.1 Å². The van der Waals surface area contributed by atoms with Gasteiger partial charge in [-0.05, 0) is 74.9 Å². The summed E-state index contributed by atoms with van der Waals surface area (Å²) in [6.45, 7) is 3.97. The number of nitrogens with zero attached hydrogens (tertiary/aromatic N) is 12. The van der Waals surface area contributed by atoms with E-state index in [2.05, 4.69) is 70.4 Å². The molecule has 0 amide bonds. The van der Waals surface area contributed by atoms with E-state index in [0.717, 1.165) is 95.6 Å². The monoisotopic (exact) mass is 840 g/mol. The molecule has 60 heavy (non-hydrogen) atoms. The zero-order chi connectivity index (χ0) is 40.7. The van der Waals surface area contributed by atoms with E-state index in [1.54, 1.807) is 22.7 Å². The number of hydrogen-bond donors (Lipinski definition) is 3. The molecular weight excluding hydrogens is 793 g/mol. The van der Waals surface area contributed by atoms with E-state index in [0.29, 0.717) is 24.8 Å². The molecule has 17 heteroatoms. The summed E-state index contributed by atoms with van der Waals surface area (Å²) in [6.07, 6.45) is 24.5. The Morgan fingerprint density at radius 3 is 1.55 bits per heavy atom. The number of aromatic nitrogens is 12. The van der Waals surface area contributed by atoms with E-state index >= 15 is 0 Å². The molecule has 15 nitrogen and oxygen atoms in total. The van der Waals surface area contributed by atoms with E-state index in [4.69, 9.17) is 15.1 Å².